The molecule has 0 radical (unpaired) electrons. The zero-order valence-electron chi connectivity index (χ0n) is 24.4. The van der Waals surface area contributed by atoms with Crippen molar-refractivity contribution in [3.63, 3.8) is 0 Å². The maximum Gasteiger partial charge on any atom is 0.287 e. The number of rotatable bonds is 9. The zero-order chi connectivity index (χ0) is 31.2. The number of carbonyl (C=O) groups excluding carboxylic acids is 2. The molecule has 3 aromatic carbocycles. The second-order valence-electron chi connectivity index (χ2n) is 11.0. The number of nitrogens with zero attached hydrogens (tertiary/aromatic N) is 4. The summed E-state index contributed by atoms with van der Waals surface area (Å²) < 4.78 is 11.5. The number of pyridine rings is 1. The molecule has 0 bridgehead atoms. The van der Waals surface area contributed by atoms with Gasteiger partial charge in [-0.1, -0.05) is 18.2 Å². The number of benzene rings is 3. The zero-order valence-corrected chi connectivity index (χ0v) is 24.4. The number of amides is 1. The lowest BCUT2D eigenvalue weighted by molar-refractivity contribution is 0.0882. The molecule has 0 atom stereocenters. The number of furan rings is 1. The summed E-state index contributed by atoms with van der Waals surface area (Å²) in [6.45, 7) is 9.56. The number of Topliss-reactive ketones (excluding diaryl/α,β-unsaturated/α-hetero) is 1. The second kappa shape index (κ2) is 13.3. The molecule has 5 aromatic rings. The van der Waals surface area contributed by atoms with Gasteiger partial charge in [0.2, 0.25) is 11.6 Å². The first kappa shape index (κ1) is 29.3. The van der Waals surface area contributed by atoms with Gasteiger partial charge in [-0.15, -0.1) is 0 Å². The van der Waals surface area contributed by atoms with E-state index < -0.39 is 0 Å². The lowest BCUT2D eigenvalue weighted by Crippen LogP contribution is -2.44. The first-order valence-corrected chi connectivity index (χ1v) is 14.6. The van der Waals surface area contributed by atoms with Gasteiger partial charge in [0.25, 0.3) is 5.91 Å². The van der Waals surface area contributed by atoms with Crippen LogP contribution in [0.4, 0.5) is 5.69 Å². The first-order valence-electron chi connectivity index (χ1n) is 14.6. The van der Waals surface area contributed by atoms with Crippen molar-refractivity contribution < 1.29 is 18.7 Å². The lowest BCUT2D eigenvalue weighted by atomic mass is 10.0. The van der Waals surface area contributed by atoms with Gasteiger partial charge < -0.3 is 14.5 Å². The van der Waals surface area contributed by atoms with Crippen molar-refractivity contribution >= 4 is 28.3 Å². The van der Waals surface area contributed by atoms with Crippen LogP contribution in [-0.2, 0) is 13.0 Å². The Morgan fingerprint density at radius 3 is 2.44 bits per heavy atom. The Balaban J connectivity index is 1.01. The standard InChI is InChI=1S/C36H29N5O4/c1-38-30-9-13-35(39-22-30)44-31-10-7-27(8-11-31)32(42)19-26-6-12-33-28(18-26)20-34(45-33)36(43)40-29-14-16-41(17-15-29)23-25-4-2-24(21-37)3-5-25/h2-13,18,20,22,29H,14-17,19,23H2,(H,40,43). The van der Waals surface area contributed by atoms with Crippen LogP contribution in [-0.4, -0.2) is 40.7 Å². The van der Waals surface area contributed by atoms with Crippen molar-refractivity contribution in [1.29, 1.82) is 5.26 Å². The summed E-state index contributed by atoms with van der Waals surface area (Å²) in [6.07, 6.45) is 3.33. The fourth-order valence-corrected chi connectivity index (χ4v) is 5.37. The van der Waals surface area contributed by atoms with Gasteiger partial charge in [-0.2, -0.15) is 5.26 Å². The van der Waals surface area contributed by atoms with Crippen LogP contribution in [0.5, 0.6) is 11.6 Å². The smallest absolute Gasteiger partial charge is 0.287 e. The highest BCUT2D eigenvalue weighted by Crippen LogP contribution is 2.25. The summed E-state index contributed by atoms with van der Waals surface area (Å²) in [4.78, 5) is 35.8. The number of nitrogens with one attached hydrogen (secondary N) is 1. The van der Waals surface area contributed by atoms with Crippen LogP contribution in [0.15, 0.2) is 95.5 Å². The highest BCUT2D eigenvalue weighted by atomic mass is 16.5. The molecular formula is C36H29N5O4. The quantitative estimate of drug-likeness (QED) is 0.146. The Morgan fingerprint density at radius 1 is 1.00 bits per heavy atom. The van der Waals surface area contributed by atoms with Gasteiger partial charge in [0.1, 0.15) is 11.3 Å². The normalized spacial score (nSPS) is 13.6. The molecule has 1 aliphatic rings. The minimum atomic E-state index is -0.241. The Morgan fingerprint density at radius 2 is 1.76 bits per heavy atom. The molecule has 0 spiro atoms. The molecule has 1 saturated heterocycles. The maximum atomic E-state index is 13.0. The number of piperidine rings is 1. The van der Waals surface area contributed by atoms with E-state index in [2.05, 4.69) is 26.1 Å². The van der Waals surface area contributed by atoms with Crippen LogP contribution in [0.25, 0.3) is 15.8 Å². The molecule has 2 aromatic heterocycles. The highest BCUT2D eigenvalue weighted by molar-refractivity contribution is 5.99. The van der Waals surface area contributed by atoms with Crippen molar-refractivity contribution in [1.82, 2.24) is 15.2 Å². The molecule has 9 nitrogen and oxygen atoms in total. The van der Waals surface area contributed by atoms with E-state index in [1.54, 1.807) is 48.5 Å². The summed E-state index contributed by atoms with van der Waals surface area (Å²) in [5.41, 5.74) is 4.22. The Hall–Kier alpha value is -5.77. The number of ether oxygens (including phenoxy) is 1. The van der Waals surface area contributed by atoms with Crippen LogP contribution in [0.1, 0.15) is 50.4 Å². The van der Waals surface area contributed by atoms with Crippen molar-refractivity contribution in [2.75, 3.05) is 13.1 Å². The fourth-order valence-electron chi connectivity index (χ4n) is 5.37. The summed E-state index contributed by atoms with van der Waals surface area (Å²) in [5.74, 6) is 0.863. The number of likely N-dealkylation sites (tertiary alicyclic amines) is 1. The molecule has 3 heterocycles. The van der Waals surface area contributed by atoms with Crippen molar-refractivity contribution in [3.8, 4) is 17.7 Å². The lowest BCUT2D eigenvalue weighted by Gasteiger charge is -2.32. The van der Waals surface area contributed by atoms with E-state index in [0.29, 0.717) is 34.0 Å². The Kier molecular flexibility index (Phi) is 8.63. The van der Waals surface area contributed by atoms with Crippen LogP contribution in [0.3, 0.4) is 0 Å². The molecule has 1 fully saturated rings. The average molecular weight is 596 g/mol. The van der Waals surface area contributed by atoms with Crippen LogP contribution in [0, 0.1) is 17.9 Å². The van der Waals surface area contributed by atoms with E-state index in [-0.39, 0.29) is 29.9 Å². The molecule has 1 N–H and O–H groups in total. The minimum absolute atomic E-state index is 0.0487. The number of ketones is 1. The molecule has 0 aliphatic carbocycles. The monoisotopic (exact) mass is 595 g/mol. The maximum absolute atomic E-state index is 13.0. The molecule has 0 saturated carbocycles. The van der Waals surface area contributed by atoms with Crippen LogP contribution in [0.2, 0.25) is 0 Å². The molecular weight excluding hydrogens is 566 g/mol. The number of nitriles is 1. The van der Waals surface area contributed by atoms with E-state index in [1.165, 1.54) is 11.8 Å². The summed E-state index contributed by atoms with van der Waals surface area (Å²) >= 11 is 0. The SMILES string of the molecule is [C-]#[N+]c1ccc(Oc2ccc(C(=O)Cc3ccc4oc(C(=O)NC5CCN(Cc6ccc(C#N)cc6)CC5)cc4c3)cc2)nc1. The van der Waals surface area contributed by atoms with E-state index in [0.717, 1.165) is 43.4 Å². The van der Waals surface area contributed by atoms with Gasteiger partial charge in [0.15, 0.2) is 11.5 Å². The number of hydrogen-bond acceptors (Lipinski definition) is 7. The summed E-state index contributed by atoms with van der Waals surface area (Å²) in [7, 11) is 0. The predicted octanol–water partition coefficient (Wildman–Crippen LogP) is 6.86. The van der Waals surface area contributed by atoms with Crippen LogP contribution < -0.4 is 10.1 Å². The van der Waals surface area contributed by atoms with Gasteiger partial charge in [0.05, 0.1) is 18.2 Å². The third-order valence-electron chi connectivity index (χ3n) is 7.83. The fraction of sp³-hybridized carbons (Fsp3) is 0.194. The van der Waals surface area contributed by atoms with Crippen molar-refractivity contribution in [2.45, 2.75) is 31.8 Å². The minimum Gasteiger partial charge on any atom is -0.451 e. The van der Waals surface area contributed by atoms with E-state index in [4.69, 9.17) is 21.0 Å². The number of fused-ring (bicyclic) bond motifs is 1. The molecule has 9 heteroatoms. The molecule has 6 rings (SSSR count). The predicted molar refractivity (Wildman–Crippen MR) is 168 cm³/mol. The largest absolute Gasteiger partial charge is 0.451 e. The van der Waals surface area contributed by atoms with E-state index in [9.17, 15) is 9.59 Å². The van der Waals surface area contributed by atoms with Gasteiger partial charge >= 0.3 is 0 Å². The number of hydrogen-bond donors (Lipinski definition) is 1. The Labute approximate surface area is 260 Å². The van der Waals surface area contributed by atoms with Crippen LogP contribution >= 0.6 is 0 Å². The first-order chi connectivity index (χ1) is 21.9. The highest BCUT2D eigenvalue weighted by Gasteiger charge is 2.23. The summed E-state index contributed by atoms with van der Waals surface area (Å²) in [6, 6.07) is 27.2. The third-order valence-corrected chi connectivity index (χ3v) is 7.83. The summed E-state index contributed by atoms with van der Waals surface area (Å²) in [5, 5.41) is 12.9. The number of carbonyl (C=O) groups is 2. The Bertz CT molecular complexity index is 1910. The van der Waals surface area contributed by atoms with Gasteiger partial charge in [-0.05, 0) is 90.7 Å². The molecule has 1 aliphatic heterocycles. The van der Waals surface area contributed by atoms with Crippen molar-refractivity contribution in [2.24, 2.45) is 0 Å². The molecule has 1 amide bonds. The van der Waals surface area contributed by atoms with Crippen molar-refractivity contribution in [3.05, 3.63) is 131 Å². The number of aromatic nitrogens is 1. The second-order valence-corrected chi connectivity index (χ2v) is 11.0. The molecule has 45 heavy (non-hydrogen) atoms. The van der Waals surface area contributed by atoms with Gasteiger partial charge in [-0.3, -0.25) is 14.5 Å². The average Bonchev–Trinajstić information content (AvgIpc) is 3.50. The molecule has 222 valence electrons. The topological polar surface area (TPSA) is 113 Å². The molecule has 0 unspecified atom stereocenters. The van der Waals surface area contributed by atoms with Gasteiger partial charge in [-0.25, -0.2) is 9.83 Å². The van der Waals surface area contributed by atoms with Gasteiger partial charge in [0, 0.05) is 49.2 Å². The van der Waals surface area contributed by atoms with E-state index >= 15 is 0 Å². The van der Waals surface area contributed by atoms with E-state index in [1.807, 2.05) is 36.4 Å². The third kappa shape index (κ3) is 7.24.